The Labute approximate surface area is 168 Å². The summed E-state index contributed by atoms with van der Waals surface area (Å²) in [5, 5.41) is 6.00. The molecule has 1 saturated heterocycles. The summed E-state index contributed by atoms with van der Waals surface area (Å²) < 4.78 is 32.8. The molecule has 1 aliphatic rings. The Morgan fingerprint density at radius 2 is 1.93 bits per heavy atom. The molecule has 0 spiro atoms. The van der Waals surface area contributed by atoms with Crippen LogP contribution in [0.15, 0.2) is 23.1 Å². The minimum absolute atomic E-state index is 0. The second-order valence-corrected chi connectivity index (χ2v) is 8.29. The number of benzene rings is 1. The van der Waals surface area contributed by atoms with Crippen molar-refractivity contribution in [2.75, 3.05) is 38.1 Å². The van der Waals surface area contributed by atoms with Gasteiger partial charge in [-0.05, 0) is 44.1 Å². The first-order chi connectivity index (χ1) is 12.3. The molecule has 0 aromatic heterocycles. The van der Waals surface area contributed by atoms with E-state index in [2.05, 4.69) is 10.6 Å². The molecule has 1 atom stereocenters. The van der Waals surface area contributed by atoms with Gasteiger partial charge in [0.15, 0.2) is 0 Å². The van der Waals surface area contributed by atoms with Gasteiger partial charge in [0, 0.05) is 24.7 Å². The van der Waals surface area contributed by atoms with Crippen molar-refractivity contribution in [2.24, 2.45) is 11.8 Å². The van der Waals surface area contributed by atoms with Crippen molar-refractivity contribution < 1.29 is 17.9 Å². The fourth-order valence-electron chi connectivity index (χ4n) is 2.90. The fourth-order valence-corrected chi connectivity index (χ4v) is 4.51. The summed E-state index contributed by atoms with van der Waals surface area (Å²) >= 11 is 0. The molecule has 2 rings (SSSR count). The Hall–Kier alpha value is -1.35. The molecule has 1 aromatic carbocycles. The lowest BCUT2D eigenvalue weighted by Gasteiger charge is -2.31. The van der Waals surface area contributed by atoms with Crippen LogP contribution in [-0.2, 0) is 14.8 Å². The summed E-state index contributed by atoms with van der Waals surface area (Å²) in [6, 6.07) is 4.77. The zero-order chi connectivity index (χ0) is 19.3. The predicted octanol–water partition coefficient (Wildman–Crippen LogP) is 2.33. The van der Waals surface area contributed by atoms with E-state index in [0.29, 0.717) is 37.1 Å². The number of ether oxygens (including phenoxy) is 1. The van der Waals surface area contributed by atoms with Gasteiger partial charge in [-0.25, -0.2) is 8.42 Å². The number of carbonyl (C=O) groups excluding carboxylic acids is 1. The van der Waals surface area contributed by atoms with E-state index in [-0.39, 0.29) is 29.1 Å². The van der Waals surface area contributed by atoms with Crippen molar-refractivity contribution in [3.8, 4) is 5.75 Å². The molecule has 7 nitrogen and oxygen atoms in total. The van der Waals surface area contributed by atoms with Crippen molar-refractivity contribution in [2.45, 2.75) is 32.6 Å². The topological polar surface area (TPSA) is 87.7 Å². The average molecular weight is 420 g/mol. The number of amides is 1. The van der Waals surface area contributed by atoms with E-state index in [4.69, 9.17) is 4.74 Å². The lowest BCUT2D eigenvalue weighted by molar-refractivity contribution is -0.121. The molecule has 1 unspecified atom stereocenters. The fraction of sp³-hybridized carbons (Fsp3) is 0.611. The summed E-state index contributed by atoms with van der Waals surface area (Å²) in [6.45, 7) is 10.0. The zero-order valence-corrected chi connectivity index (χ0v) is 18.0. The van der Waals surface area contributed by atoms with Crippen LogP contribution < -0.4 is 15.4 Å². The minimum Gasteiger partial charge on any atom is -0.492 e. The van der Waals surface area contributed by atoms with E-state index in [1.807, 2.05) is 6.92 Å². The molecule has 2 N–H and O–H groups in total. The molecular weight excluding hydrogens is 390 g/mol. The Bertz CT molecular complexity index is 734. The quantitative estimate of drug-likeness (QED) is 0.641. The largest absolute Gasteiger partial charge is 0.492 e. The maximum atomic E-state index is 13.0. The van der Waals surface area contributed by atoms with Gasteiger partial charge in [0.05, 0.1) is 6.61 Å². The van der Waals surface area contributed by atoms with Gasteiger partial charge in [0.25, 0.3) is 0 Å². The van der Waals surface area contributed by atoms with Crippen LogP contribution in [0.25, 0.3) is 0 Å². The van der Waals surface area contributed by atoms with E-state index in [0.717, 1.165) is 13.1 Å². The molecular formula is C18H30ClN3O4S. The van der Waals surface area contributed by atoms with Crippen molar-refractivity contribution in [1.29, 1.82) is 0 Å². The molecule has 1 amide bonds. The van der Waals surface area contributed by atoms with Crippen LogP contribution in [0, 0.1) is 11.8 Å². The molecule has 0 bridgehead atoms. The number of hydrogen-bond donors (Lipinski definition) is 2. The van der Waals surface area contributed by atoms with Crippen LogP contribution in [0.5, 0.6) is 5.75 Å². The normalized spacial score (nSPS) is 15.6. The third-order valence-corrected chi connectivity index (χ3v) is 6.84. The van der Waals surface area contributed by atoms with Gasteiger partial charge in [-0.15, -0.1) is 12.4 Å². The second kappa shape index (κ2) is 10.3. The molecule has 0 aliphatic carbocycles. The second-order valence-electron chi connectivity index (χ2n) is 6.38. The maximum Gasteiger partial charge on any atom is 0.246 e. The number of halogens is 1. The molecule has 1 aliphatic heterocycles. The van der Waals surface area contributed by atoms with Gasteiger partial charge in [0.1, 0.15) is 10.6 Å². The monoisotopic (exact) mass is 419 g/mol. The molecule has 0 radical (unpaired) electrons. The third-order valence-electron chi connectivity index (χ3n) is 4.77. The van der Waals surface area contributed by atoms with E-state index < -0.39 is 10.0 Å². The molecule has 9 heteroatoms. The zero-order valence-electron chi connectivity index (χ0n) is 16.3. The van der Waals surface area contributed by atoms with Gasteiger partial charge >= 0.3 is 0 Å². The highest BCUT2D eigenvalue weighted by molar-refractivity contribution is 7.89. The van der Waals surface area contributed by atoms with Crippen LogP contribution in [0.4, 0.5) is 5.69 Å². The number of carbonyl (C=O) groups is 1. The van der Waals surface area contributed by atoms with Crippen LogP contribution in [-0.4, -0.2) is 51.4 Å². The van der Waals surface area contributed by atoms with Gasteiger partial charge in [-0.1, -0.05) is 20.8 Å². The standard InChI is InChI=1S/C18H29N3O4S.ClH/c1-5-21(6-2)26(23,24)17-10-15(8-9-16(17)25-7-3)20-18(22)13(4)14-11-19-12-14;/h8-10,13-14,19H,5-7,11-12H2,1-4H3,(H,20,22);1H. The molecule has 1 heterocycles. The minimum atomic E-state index is -3.70. The summed E-state index contributed by atoms with van der Waals surface area (Å²) in [6.07, 6.45) is 0. The lowest BCUT2D eigenvalue weighted by Crippen LogP contribution is -2.48. The number of hydrogen-bond acceptors (Lipinski definition) is 5. The highest BCUT2D eigenvalue weighted by atomic mass is 35.5. The third kappa shape index (κ3) is 5.34. The van der Waals surface area contributed by atoms with Gasteiger partial charge < -0.3 is 15.4 Å². The van der Waals surface area contributed by atoms with Crippen LogP contribution in [0.2, 0.25) is 0 Å². The number of sulfonamides is 1. The van der Waals surface area contributed by atoms with Gasteiger partial charge in [0.2, 0.25) is 15.9 Å². The Morgan fingerprint density at radius 1 is 1.30 bits per heavy atom. The molecule has 1 fully saturated rings. The predicted molar refractivity (Wildman–Crippen MR) is 109 cm³/mol. The number of anilines is 1. The molecule has 1 aromatic rings. The molecule has 0 saturated carbocycles. The summed E-state index contributed by atoms with van der Waals surface area (Å²) in [7, 11) is -3.70. The number of nitrogens with one attached hydrogen (secondary N) is 2. The van der Waals surface area contributed by atoms with Crippen LogP contribution >= 0.6 is 12.4 Å². The first kappa shape index (κ1) is 23.7. The summed E-state index contributed by atoms with van der Waals surface area (Å²) in [5.41, 5.74) is 0.461. The van der Waals surface area contributed by atoms with Crippen molar-refractivity contribution in [3.63, 3.8) is 0 Å². The first-order valence-corrected chi connectivity index (χ1v) is 10.6. The molecule has 27 heavy (non-hydrogen) atoms. The lowest BCUT2D eigenvalue weighted by atomic mass is 9.88. The molecule has 154 valence electrons. The van der Waals surface area contributed by atoms with Crippen molar-refractivity contribution in [3.05, 3.63) is 18.2 Å². The van der Waals surface area contributed by atoms with E-state index in [1.165, 1.54) is 10.4 Å². The van der Waals surface area contributed by atoms with E-state index in [1.54, 1.807) is 32.9 Å². The van der Waals surface area contributed by atoms with Gasteiger partial charge in [-0.2, -0.15) is 4.31 Å². The first-order valence-electron chi connectivity index (χ1n) is 9.13. The summed E-state index contributed by atoms with van der Waals surface area (Å²) in [5.74, 6) is 0.378. The smallest absolute Gasteiger partial charge is 0.246 e. The Morgan fingerprint density at radius 3 is 2.41 bits per heavy atom. The van der Waals surface area contributed by atoms with Crippen molar-refractivity contribution in [1.82, 2.24) is 9.62 Å². The Kier molecular flexibility index (Phi) is 9.01. The van der Waals surface area contributed by atoms with Crippen LogP contribution in [0.3, 0.4) is 0 Å². The summed E-state index contributed by atoms with van der Waals surface area (Å²) in [4.78, 5) is 12.5. The SMILES string of the molecule is CCOc1ccc(NC(=O)C(C)C2CNC2)cc1S(=O)(=O)N(CC)CC.Cl. The number of nitrogens with zero attached hydrogens (tertiary/aromatic N) is 1. The van der Waals surface area contributed by atoms with Gasteiger partial charge in [-0.3, -0.25) is 4.79 Å². The van der Waals surface area contributed by atoms with Crippen LogP contribution in [0.1, 0.15) is 27.7 Å². The Balaban J connectivity index is 0.00000364. The highest BCUT2D eigenvalue weighted by Gasteiger charge is 2.30. The van der Waals surface area contributed by atoms with E-state index >= 15 is 0 Å². The highest BCUT2D eigenvalue weighted by Crippen LogP contribution is 2.30. The van der Waals surface area contributed by atoms with Crippen molar-refractivity contribution >= 4 is 34.0 Å². The maximum absolute atomic E-state index is 13.0. The number of rotatable bonds is 9. The van der Waals surface area contributed by atoms with E-state index in [9.17, 15) is 13.2 Å². The average Bonchev–Trinajstić information content (AvgIpc) is 2.55.